The van der Waals surface area contributed by atoms with E-state index >= 15 is 0 Å². The molecule has 8 nitrogen and oxygen atoms in total. The number of carboxylic acid groups (broad SMARTS) is 1. The van der Waals surface area contributed by atoms with Crippen molar-refractivity contribution in [1.29, 1.82) is 0 Å². The van der Waals surface area contributed by atoms with Gasteiger partial charge < -0.3 is 14.7 Å². The zero-order chi connectivity index (χ0) is 24.7. The SMILES string of the molecule is CC(C)(C)CS(=O)(=O)Cl.COC(=O)Cc1ccc(Cl)cc1CN1CCN(C(=O)O)[C@@H](C)C1. The molecule has 1 heterocycles. The van der Waals surface area contributed by atoms with Gasteiger partial charge in [0.1, 0.15) is 0 Å². The van der Waals surface area contributed by atoms with Crippen LogP contribution in [0.2, 0.25) is 5.02 Å². The number of nitrogens with zero attached hydrogens (tertiary/aromatic N) is 2. The standard InChI is InChI=1S/C16H21ClN2O4.C5H11ClO2S/c1-11-9-18(5-6-19(11)16(21)22)10-13-7-14(17)4-3-12(13)8-15(20)23-2;1-5(2,3)4-9(6,7)8/h3-4,7,11H,5-6,8-10H2,1-2H3,(H,21,22);4H2,1-3H3/t11-;/m0./s1. The van der Waals surface area contributed by atoms with Crippen LogP contribution in [0.15, 0.2) is 18.2 Å². The lowest BCUT2D eigenvalue weighted by molar-refractivity contribution is -0.139. The first-order valence-electron chi connectivity index (χ1n) is 10.1. The summed E-state index contributed by atoms with van der Waals surface area (Å²) in [5, 5.41) is 9.75. The van der Waals surface area contributed by atoms with Gasteiger partial charge in [0, 0.05) is 47.9 Å². The predicted molar refractivity (Wildman–Crippen MR) is 126 cm³/mol. The molecule has 1 saturated heterocycles. The molecule has 11 heteroatoms. The van der Waals surface area contributed by atoms with Crippen molar-refractivity contribution in [2.75, 3.05) is 32.5 Å². The van der Waals surface area contributed by atoms with E-state index in [-0.39, 0.29) is 29.6 Å². The molecule has 2 rings (SSSR count). The predicted octanol–water partition coefficient (Wildman–Crippen LogP) is 3.84. The number of hydrogen-bond donors (Lipinski definition) is 1. The Morgan fingerprint density at radius 3 is 2.28 bits per heavy atom. The summed E-state index contributed by atoms with van der Waals surface area (Å²) in [5.41, 5.74) is 1.62. The molecule has 0 bridgehead atoms. The van der Waals surface area contributed by atoms with Gasteiger partial charge in [-0.3, -0.25) is 9.69 Å². The van der Waals surface area contributed by atoms with Crippen LogP contribution in [0.1, 0.15) is 38.8 Å². The van der Waals surface area contributed by atoms with Gasteiger partial charge >= 0.3 is 12.1 Å². The van der Waals surface area contributed by atoms with Crippen LogP contribution >= 0.6 is 22.3 Å². The van der Waals surface area contributed by atoms with E-state index in [9.17, 15) is 18.0 Å². The summed E-state index contributed by atoms with van der Waals surface area (Å²) in [6.45, 7) is 9.78. The molecule has 182 valence electrons. The second-order valence-electron chi connectivity index (χ2n) is 8.97. The van der Waals surface area contributed by atoms with Gasteiger partial charge in [0.2, 0.25) is 9.05 Å². The van der Waals surface area contributed by atoms with Crippen LogP contribution in [0.3, 0.4) is 0 Å². The third-order valence-electron chi connectivity index (χ3n) is 4.69. The summed E-state index contributed by atoms with van der Waals surface area (Å²) in [7, 11) is 3.05. The zero-order valence-electron chi connectivity index (χ0n) is 19.1. The van der Waals surface area contributed by atoms with Crippen LogP contribution in [-0.4, -0.2) is 73.9 Å². The lowest BCUT2D eigenvalue weighted by atomic mass is 10.0. The first kappa shape index (κ1) is 28.5. The Morgan fingerprint density at radius 2 is 1.84 bits per heavy atom. The number of benzene rings is 1. The summed E-state index contributed by atoms with van der Waals surface area (Å²) in [6, 6.07) is 5.39. The highest BCUT2D eigenvalue weighted by atomic mass is 35.7. The number of amides is 1. The molecule has 1 fully saturated rings. The Balaban J connectivity index is 0.000000482. The largest absolute Gasteiger partial charge is 0.469 e. The molecule has 0 aromatic heterocycles. The highest BCUT2D eigenvalue weighted by Gasteiger charge is 2.27. The molecule has 0 unspecified atom stereocenters. The van der Waals surface area contributed by atoms with Gasteiger partial charge in [0.15, 0.2) is 0 Å². The van der Waals surface area contributed by atoms with E-state index in [0.29, 0.717) is 31.2 Å². The summed E-state index contributed by atoms with van der Waals surface area (Å²) in [4.78, 5) is 26.3. The zero-order valence-corrected chi connectivity index (χ0v) is 21.4. The smallest absolute Gasteiger partial charge is 0.407 e. The normalized spacial score (nSPS) is 17.3. The third-order valence-corrected chi connectivity index (χ3v) is 6.46. The first-order chi connectivity index (χ1) is 14.6. The third kappa shape index (κ3) is 10.8. The second kappa shape index (κ2) is 12.1. The Labute approximate surface area is 199 Å². The molecule has 1 aromatic carbocycles. The number of esters is 1. The van der Waals surface area contributed by atoms with Crippen molar-refractivity contribution < 1.29 is 27.9 Å². The van der Waals surface area contributed by atoms with Crippen molar-refractivity contribution in [2.24, 2.45) is 5.41 Å². The van der Waals surface area contributed by atoms with Crippen molar-refractivity contribution in [3.63, 3.8) is 0 Å². The van der Waals surface area contributed by atoms with E-state index in [2.05, 4.69) is 4.90 Å². The number of ether oxygens (including phenoxy) is 1. The second-order valence-corrected chi connectivity index (χ2v) is 12.2. The maximum atomic E-state index is 11.5. The quantitative estimate of drug-likeness (QED) is 0.473. The molecule has 1 aliphatic heterocycles. The molecule has 1 aromatic rings. The molecule has 0 aliphatic carbocycles. The highest BCUT2D eigenvalue weighted by Crippen LogP contribution is 2.21. The van der Waals surface area contributed by atoms with E-state index in [1.54, 1.807) is 6.07 Å². The van der Waals surface area contributed by atoms with Gasteiger partial charge in [-0.1, -0.05) is 38.4 Å². The van der Waals surface area contributed by atoms with Crippen LogP contribution in [0.25, 0.3) is 0 Å². The van der Waals surface area contributed by atoms with Gasteiger partial charge in [-0.2, -0.15) is 0 Å². The highest BCUT2D eigenvalue weighted by molar-refractivity contribution is 8.13. The average Bonchev–Trinajstić information content (AvgIpc) is 2.61. The average molecular weight is 511 g/mol. The fourth-order valence-corrected chi connectivity index (χ4v) is 5.57. The van der Waals surface area contributed by atoms with Crippen molar-refractivity contribution in [2.45, 2.75) is 46.7 Å². The van der Waals surface area contributed by atoms with E-state index in [1.807, 2.05) is 39.8 Å². The number of methoxy groups -OCH3 is 1. The van der Waals surface area contributed by atoms with Gasteiger partial charge in [-0.25, -0.2) is 13.2 Å². The summed E-state index contributed by atoms with van der Waals surface area (Å²) in [6.07, 6.45) is -0.681. The molecule has 1 atom stereocenters. The minimum atomic E-state index is -3.31. The molecule has 0 saturated carbocycles. The number of carbonyl (C=O) groups excluding carboxylic acids is 1. The summed E-state index contributed by atoms with van der Waals surface area (Å²) in [5.74, 6) is -0.265. The van der Waals surface area contributed by atoms with Crippen molar-refractivity contribution in [3.05, 3.63) is 34.3 Å². The summed E-state index contributed by atoms with van der Waals surface area (Å²) < 4.78 is 25.6. The maximum absolute atomic E-state index is 11.5. The first-order valence-corrected chi connectivity index (χ1v) is 13.0. The minimum Gasteiger partial charge on any atom is -0.469 e. The van der Waals surface area contributed by atoms with Gasteiger partial charge in [0.25, 0.3) is 0 Å². The van der Waals surface area contributed by atoms with Crippen molar-refractivity contribution in [1.82, 2.24) is 9.80 Å². The Hall–Kier alpha value is -1.55. The van der Waals surface area contributed by atoms with Crippen molar-refractivity contribution in [3.8, 4) is 0 Å². The molecule has 1 amide bonds. The van der Waals surface area contributed by atoms with Gasteiger partial charge in [0.05, 0.1) is 19.3 Å². The van der Waals surface area contributed by atoms with E-state index in [4.69, 9.17) is 32.1 Å². The molecule has 0 radical (unpaired) electrons. The molecule has 32 heavy (non-hydrogen) atoms. The van der Waals surface area contributed by atoms with E-state index in [0.717, 1.165) is 11.1 Å². The van der Waals surface area contributed by atoms with E-state index < -0.39 is 15.1 Å². The minimum absolute atomic E-state index is 0.0293. The Kier molecular flexibility index (Phi) is 10.7. The van der Waals surface area contributed by atoms with Crippen LogP contribution in [-0.2, 0) is 31.5 Å². The van der Waals surface area contributed by atoms with E-state index in [1.165, 1.54) is 12.0 Å². The molecule has 1 N–H and O–H groups in total. The number of hydrogen-bond acceptors (Lipinski definition) is 6. The van der Waals surface area contributed by atoms with Crippen molar-refractivity contribution >= 4 is 43.4 Å². The van der Waals surface area contributed by atoms with Gasteiger partial charge in [-0.05, 0) is 35.6 Å². The molecule has 0 spiro atoms. The molecular formula is C21H32Cl2N2O6S. The van der Waals surface area contributed by atoms with Crippen LogP contribution < -0.4 is 0 Å². The molecular weight excluding hydrogens is 479 g/mol. The summed E-state index contributed by atoms with van der Waals surface area (Å²) >= 11 is 6.08. The topological polar surface area (TPSA) is 104 Å². The fraction of sp³-hybridized carbons (Fsp3) is 0.619. The lowest BCUT2D eigenvalue weighted by Gasteiger charge is -2.38. The lowest BCUT2D eigenvalue weighted by Crippen LogP contribution is -2.53. The number of rotatable bonds is 5. The van der Waals surface area contributed by atoms with Crippen LogP contribution in [0, 0.1) is 5.41 Å². The Morgan fingerprint density at radius 1 is 1.22 bits per heavy atom. The number of carbonyl (C=O) groups is 2. The number of halogens is 2. The monoisotopic (exact) mass is 510 g/mol. The van der Waals surface area contributed by atoms with Crippen LogP contribution in [0.5, 0.6) is 0 Å². The molecule has 1 aliphatic rings. The maximum Gasteiger partial charge on any atom is 0.407 e. The van der Waals surface area contributed by atoms with Gasteiger partial charge in [-0.15, -0.1) is 0 Å². The fourth-order valence-electron chi connectivity index (χ4n) is 3.36. The Bertz CT molecular complexity index is 902. The van der Waals surface area contributed by atoms with Crippen LogP contribution in [0.4, 0.5) is 4.79 Å². The number of piperazine rings is 1.